The Kier molecular flexibility index (Phi) is 6.74. The third kappa shape index (κ3) is 4.98. The van der Waals surface area contributed by atoms with Crippen LogP contribution in [0.2, 0.25) is 5.02 Å². The van der Waals surface area contributed by atoms with Gasteiger partial charge < -0.3 is 14.8 Å². The van der Waals surface area contributed by atoms with E-state index < -0.39 is 18.0 Å². The van der Waals surface area contributed by atoms with Gasteiger partial charge in [-0.3, -0.25) is 4.79 Å². The summed E-state index contributed by atoms with van der Waals surface area (Å²) in [5.41, 5.74) is 3.45. The van der Waals surface area contributed by atoms with Gasteiger partial charge in [-0.1, -0.05) is 41.4 Å². The maximum atomic E-state index is 12.5. The molecule has 1 N–H and O–H groups in total. The van der Waals surface area contributed by atoms with Gasteiger partial charge in [0, 0.05) is 22.0 Å². The van der Waals surface area contributed by atoms with Crippen LogP contribution in [-0.4, -0.2) is 30.1 Å². The first-order valence-electron chi connectivity index (χ1n) is 9.17. The molecular weight excluding hydrogens is 424 g/mol. The number of amides is 1. The highest BCUT2D eigenvalue weighted by Crippen LogP contribution is 2.31. The summed E-state index contributed by atoms with van der Waals surface area (Å²) in [6, 6.07) is 11.2. The van der Waals surface area contributed by atoms with E-state index in [0.29, 0.717) is 21.5 Å². The lowest BCUT2D eigenvalue weighted by Gasteiger charge is -2.15. The molecule has 156 valence electrons. The van der Waals surface area contributed by atoms with Gasteiger partial charge in [-0.05, 0) is 32.4 Å². The molecule has 30 heavy (non-hydrogen) atoms. The van der Waals surface area contributed by atoms with Crippen molar-refractivity contribution in [3.63, 3.8) is 0 Å². The third-order valence-electron chi connectivity index (χ3n) is 4.40. The Balaban J connectivity index is 1.66. The Bertz CT molecular complexity index is 1080. The van der Waals surface area contributed by atoms with Crippen LogP contribution in [0.1, 0.15) is 28.5 Å². The predicted octanol–water partition coefficient (Wildman–Crippen LogP) is 5.27. The summed E-state index contributed by atoms with van der Waals surface area (Å²) in [5.74, 6) is -0.733. The van der Waals surface area contributed by atoms with Crippen LogP contribution in [0.4, 0.5) is 5.69 Å². The molecule has 0 saturated heterocycles. The number of halogens is 1. The lowest BCUT2D eigenvalue weighted by atomic mass is 10.2. The Hall–Kier alpha value is -2.90. The first kappa shape index (κ1) is 21.8. The number of carbonyl (C=O) groups excluding carboxylic acids is 2. The van der Waals surface area contributed by atoms with Crippen LogP contribution >= 0.6 is 22.9 Å². The van der Waals surface area contributed by atoms with Crippen LogP contribution < -0.4 is 10.1 Å². The topological polar surface area (TPSA) is 77.5 Å². The molecule has 3 rings (SSSR count). The Morgan fingerprint density at radius 2 is 1.87 bits per heavy atom. The number of nitrogens with one attached hydrogen (secondary N) is 1. The number of hydrogen-bond donors (Lipinski definition) is 1. The first-order chi connectivity index (χ1) is 14.3. The number of ether oxygens (including phenoxy) is 2. The van der Waals surface area contributed by atoms with Crippen LogP contribution in [0.5, 0.6) is 5.75 Å². The largest absolute Gasteiger partial charge is 0.495 e. The molecule has 3 aromatic rings. The maximum Gasteiger partial charge on any atom is 0.358 e. The van der Waals surface area contributed by atoms with Crippen molar-refractivity contribution in [2.75, 3.05) is 12.4 Å². The van der Waals surface area contributed by atoms with Crippen LogP contribution in [0, 0.1) is 13.8 Å². The van der Waals surface area contributed by atoms with Crippen molar-refractivity contribution >= 4 is 40.5 Å². The Morgan fingerprint density at radius 1 is 1.17 bits per heavy atom. The highest BCUT2D eigenvalue weighted by Gasteiger charge is 2.22. The number of benzene rings is 2. The van der Waals surface area contributed by atoms with E-state index in [9.17, 15) is 9.59 Å². The van der Waals surface area contributed by atoms with Crippen molar-refractivity contribution in [3.05, 3.63) is 63.6 Å². The fraction of sp³-hybridized carbons (Fsp3) is 0.227. The fourth-order valence-corrected chi connectivity index (χ4v) is 3.58. The number of anilines is 1. The minimum Gasteiger partial charge on any atom is -0.495 e. The summed E-state index contributed by atoms with van der Waals surface area (Å²) >= 11 is 7.43. The molecule has 6 nitrogen and oxygen atoms in total. The predicted molar refractivity (Wildman–Crippen MR) is 119 cm³/mol. The van der Waals surface area contributed by atoms with Gasteiger partial charge in [0.1, 0.15) is 10.8 Å². The number of rotatable bonds is 6. The summed E-state index contributed by atoms with van der Waals surface area (Å²) in [5, 5.41) is 5.56. The number of carbonyl (C=O) groups is 2. The van der Waals surface area contributed by atoms with E-state index in [0.717, 1.165) is 16.7 Å². The smallest absolute Gasteiger partial charge is 0.358 e. The number of thiazole rings is 1. The maximum absolute atomic E-state index is 12.5. The van der Waals surface area contributed by atoms with Gasteiger partial charge in [-0.15, -0.1) is 11.3 Å². The average molecular weight is 445 g/mol. The summed E-state index contributed by atoms with van der Waals surface area (Å²) in [7, 11) is 1.48. The van der Waals surface area contributed by atoms with Crippen LogP contribution in [0.25, 0.3) is 10.6 Å². The molecule has 0 saturated carbocycles. The van der Waals surface area contributed by atoms with E-state index in [1.807, 2.05) is 38.1 Å². The van der Waals surface area contributed by atoms with Gasteiger partial charge in [-0.25, -0.2) is 9.78 Å². The molecule has 1 heterocycles. The van der Waals surface area contributed by atoms with E-state index in [4.69, 9.17) is 21.1 Å². The molecule has 1 atom stereocenters. The van der Waals surface area contributed by atoms with Crippen molar-refractivity contribution < 1.29 is 19.1 Å². The minimum absolute atomic E-state index is 0.162. The van der Waals surface area contributed by atoms with E-state index in [2.05, 4.69) is 10.3 Å². The van der Waals surface area contributed by atoms with Gasteiger partial charge in [-0.2, -0.15) is 0 Å². The molecule has 1 aromatic heterocycles. The highest BCUT2D eigenvalue weighted by atomic mass is 35.5. The van der Waals surface area contributed by atoms with Gasteiger partial charge in [0.05, 0.1) is 12.8 Å². The molecule has 0 aliphatic heterocycles. The Morgan fingerprint density at radius 3 is 2.53 bits per heavy atom. The summed E-state index contributed by atoms with van der Waals surface area (Å²) in [6.07, 6.45) is -1.03. The summed E-state index contributed by atoms with van der Waals surface area (Å²) in [4.78, 5) is 29.3. The quantitative estimate of drug-likeness (QED) is 0.524. The van der Waals surface area contributed by atoms with E-state index in [-0.39, 0.29) is 5.69 Å². The SMILES string of the molecule is COc1cc(Cl)c(C)cc1NC(=O)C(C)OC(=O)c1csc(-c2ccc(C)cc2)n1. The second-order valence-electron chi connectivity index (χ2n) is 6.74. The lowest BCUT2D eigenvalue weighted by molar-refractivity contribution is -0.123. The molecule has 0 radical (unpaired) electrons. The standard InChI is InChI=1S/C22H21ClN2O4S/c1-12-5-7-15(8-6-12)21-25-18(11-30-21)22(27)29-14(3)20(26)24-17-9-13(2)16(23)10-19(17)28-4/h5-11,14H,1-4H3,(H,24,26). The Labute approximate surface area is 183 Å². The van der Waals surface area contributed by atoms with Crippen molar-refractivity contribution in [2.24, 2.45) is 0 Å². The average Bonchev–Trinajstić information content (AvgIpc) is 3.21. The van der Waals surface area contributed by atoms with Crippen molar-refractivity contribution in [1.82, 2.24) is 4.98 Å². The van der Waals surface area contributed by atoms with E-state index in [1.54, 1.807) is 17.5 Å². The van der Waals surface area contributed by atoms with E-state index >= 15 is 0 Å². The van der Waals surface area contributed by atoms with Gasteiger partial charge in [0.15, 0.2) is 11.8 Å². The fourth-order valence-electron chi connectivity index (χ4n) is 2.63. The zero-order chi connectivity index (χ0) is 21.8. The molecular formula is C22H21ClN2O4S. The molecule has 0 aliphatic carbocycles. The summed E-state index contributed by atoms with van der Waals surface area (Å²) < 4.78 is 10.5. The van der Waals surface area contributed by atoms with Crippen molar-refractivity contribution in [2.45, 2.75) is 26.9 Å². The number of nitrogens with zero attached hydrogens (tertiary/aromatic N) is 1. The normalized spacial score (nSPS) is 11.6. The molecule has 1 unspecified atom stereocenters. The zero-order valence-electron chi connectivity index (χ0n) is 17.0. The number of aryl methyl sites for hydroxylation is 2. The zero-order valence-corrected chi connectivity index (χ0v) is 18.6. The summed E-state index contributed by atoms with van der Waals surface area (Å²) in [6.45, 7) is 5.31. The number of hydrogen-bond acceptors (Lipinski definition) is 6. The van der Waals surface area contributed by atoms with Crippen LogP contribution in [-0.2, 0) is 9.53 Å². The molecule has 1 amide bonds. The number of methoxy groups -OCH3 is 1. The van der Waals surface area contributed by atoms with Crippen molar-refractivity contribution in [1.29, 1.82) is 0 Å². The van der Waals surface area contributed by atoms with Crippen LogP contribution in [0.3, 0.4) is 0 Å². The molecule has 2 aromatic carbocycles. The molecule has 0 bridgehead atoms. The van der Waals surface area contributed by atoms with Gasteiger partial charge >= 0.3 is 5.97 Å². The van der Waals surface area contributed by atoms with E-state index in [1.165, 1.54) is 25.4 Å². The number of esters is 1. The monoisotopic (exact) mass is 444 g/mol. The lowest BCUT2D eigenvalue weighted by Crippen LogP contribution is -2.30. The second-order valence-corrected chi connectivity index (χ2v) is 8.01. The second kappa shape index (κ2) is 9.28. The van der Waals surface area contributed by atoms with Crippen LogP contribution in [0.15, 0.2) is 41.8 Å². The number of aromatic nitrogens is 1. The molecule has 0 spiro atoms. The molecule has 8 heteroatoms. The van der Waals surface area contributed by atoms with Gasteiger partial charge in [0.25, 0.3) is 5.91 Å². The molecule has 0 fully saturated rings. The highest BCUT2D eigenvalue weighted by molar-refractivity contribution is 7.13. The molecule has 0 aliphatic rings. The minimum atomic E-state index is -1.03. The first-order valence-corrected chi connectivity index (χ1v) is 10.4. The third-order valence-corrected chi connectivity index (χ3v) is 5.70. The van der Waals surface area contributed by atoms with Crippen molar-refractivity contribution in [3.8, 4) is 16.3 Å². The van der Waals surface area contributed by atoms with Gasteiger partial charge in [0.2, 0.25) is 0 Å².